The topological polar surface area (TPSA) is 32.3 Å². The molecule has 2 aliphatic rings. The van der Waals surface area contributed by atoms with E-state index in [1.807, 2.05) is 0 Å². The van der Waals surface area contributed by atoms with Crippen molar-refractivity contribution >= 4 is 5.91 Å². The van der Waals surface area contributed by atoms with E-state index in [0.717, 1.165) is 32.6 Å². The van der Waals surface area contributed by atoms with Crippen molar-refractivity contribution in [1.82, 2.24) is 10.2 Å². The molecule has 2 aliphatic heterocycles. The van der Waals surface area contributed by atoms with Crippen molar-refractivity contribution in [2.45, 2.75) is 26.7 Å². The summed E-state index contributed by atoms with van der Waals surface area (Å²) < 4.78 is 0. The Morgan fingerprint density at radius 1 is 1.27 bits per heavy atom. The first kappa shape index (κ1) is 10.9. The van der Waals surface area contributed by atoms with E-state index in [0.29, 0.717) is 17.7 Å². The number of piperidine rings is 1. The fourth-order valence-corrected chi connectivity index (χ4v) is 2.74. The van der Waals surface area contributed by atoms with E-state index in [-0.39, 0.29) is 5.92 Å². The summed E-state index contributed by atoms with van der Waals surface area (Å²) in [5.41, 5.74) is 0. The molecule has 1 N–H and O–H groups in total. The Bertz CT molecular complexity index is 242. The van der Waals surface area contributed by atoms with Crippen LogP contribution in [0.3, 0.4) is 0 Å². The van der Waals surface area contributed by atoms with Crippen LogP contribution in [0.25, 0.3) is 0 Å². The highest BCUT2D eigenvalue weighted by Crippen LogP contribution is 2.22. The van der Waals surface area contributed by atoms with Gasteiger partial charge < -0.3 is 10.2 Å². The maximum Gasteiger partial charge on any atom is 0.226 e. The van der Waals surface area contributed by atoms with Crippen molar-refractivity contribution in [1.29, 1.82) is 0 Å². The first-order valence-electron chi connectivity index (χ1n) is 6.16. The largest absolute Gasteiger partial charge is 0.342 e. The Kier molecular flexibility index (Phi) is 3.29. The predicted molar refractivity (Wildman–Crippen MR) is 60.5 cm³/mol. The molecular formula is C12H22N2O. The summed E-state index contributed by atoms with van der Waals surface area (Å²) in [6.45, 7) is 8.36. The van der Waals surface area contributed by atoms with Crippen LogP contribution in [0.4, 0.5) is 0 Å². The normalized spacial score (nSPS) is 36.9. The second kappa shape index (κ2) is 4.52. The standard InChI is InChI=1S/C12H22N2O/c1-9-3-4-14(8-9)12(15)11-5-10(2)6-13-7-11/h9-11,13H,3-8H2,1-2H3. The van der Waals surface area contributed by atoms with Crippen molar-refractivity contribution < 1.29 is 4.79 Å². The van der Waals surface area contributed by atoms with Gasteiger partial charge in [0.15, 0.2) is 0 Å². The van der Waals surface area contributed by atoms with Gasteiger partial charge in [-0.25, -0.2) is 0 Å². The smallest absolute Gasteiger partial charge is 0.226 e. The van der Waals surface area contributed by atoms with Gasteiger partial charge in [-0.2, -0.15) is 0 Å². The van der Waals surface area contributed by atoms with Crippen molar-refractivity contribution in [3.63, 3.8) is 0 Å². The van der Waals surface area contributed by atoms with E-state index in [4.69, 9.17) is 0 Å². The average Bonchev–Trinajstić information content (AvgIpc) is 2.64. The summed E-state index contributed by atoms with van der Waals surface area (Å²) in [5, 5.41) is 3.35. The second-order valence-corrected chi connectivity index (χ2v) is 5.37. The van der Waals surface area contributed by atoms with Crippen molar-refractivity contribution in [3.8, 4) is 0 Å². The molecule has 0 aromatic heterocycles. The molecule has 1 amide bonds. The van der Waals surface area contributed by atoms with Crippen LogP contribution in [0.15, 0.2) is 0 Å². The van der Waals surface area contributed by atoms with Crippen LogP contribution < -0.4 is 5.32 Å². The third-order valence-corrected chi connectivity index (χ3v) is 3.66. The van der Waals surface area contributed by atoms with E-state index in [9.17, 15) is 4.79 Å². The number of likely N-dealkylation sites (tertiary alicyclic amines) is 1. The van der Waals surface area contributed by atoms with E-state index in [1.165, 1.54) is 6.42 Å². The molecule has 0 aliphatic carbocycles. The van der Waals surface area contributed by atoms with Crippen LogP contribution in [0.1, 0.15) is 26.7 Å². The van der Waals surface area contributed by atoms with Gasteiger partial charge in [0.25, 0.3) is 0 Å². The van der Waals surface area contributed by atoms with Gasteiger partial charge in [-0.05, 0) is 31.2 Å². The minimum absolute atomic E-state index is 0.235. The molecule has 3 nitrogen and oxygen atoms in total. The summed E-state index contributed by atoms with van der Waals surface area (Å²) in [7, 11) is 0. The molecule has 0 aromatic rings. The molecule has 0 bridgehead atoms. The number of rotatable bonds is 1. The van der Waals surface area contributed by atoms with Crippen LogP contribution in [0.2, 0.25) is 0 Å². The van der Waals surface area contributed by atoms with Gasteiger partial charge >= 0.3 is 0 Å². The zero-order valence-electron chi connectivity index (χ0n) is 9.83. The van der Waals surface area contributed by atoms with Crippen LogP contribution in [-0.4, -0.2) is 37.0 Å². The highest BCUT2D eigenvalue weighted by Gasteiger charge is 2.31. The number of hydrogen-bond donors (Lipinski definition) is 1. The van der Waals surface area contributed by atoms with Gasteiger partial charge in [0.05, 0.1) is 5.92 Å². The van der Waals surface area contributed by atoms with Crippen LogP contribution in [0.5, 0.6) is 0 Å². The highest BCUT2D eigenvalue weighted by molar-refractivity contribution is 5.79. The summed E-state index contributed by atoms with van der Waals surface area (Å²) in [6, 6.07) is 0. The number of nitrogens with one attached hydrogen (secondary N) is 1. The summed E-state index contributed by atoms with van der Waals surface area (Å²) in [4.78, 5) is 14.2. The predicted octanol–water partition coefficient (Wildman–Crippen LogP) is 1.10. The summed E-state index contributed by atoms with van der Waals surface area (Å²) in [6.07, 6.45) is 2.25. The maximum atomic E-state index is 12.2. The van der Waals surface area contributed by atoms with Crippen LogP contribution >= 0.6 is 0 Å². The van der Waals surface area contributed by atoms with Gasteiger partial charge in [0.2, 0.25) is 5.91 Å². The molecule has 0 radical (unpaired) electrons. The zero-order chi connectivity index (χ0) is 10.8. The van der Waals surface area contributed by atoms with Crippen LogP contribution in [0, 0.1) is 17.8 Å². The lowest BCUT2D eigenvalue weighted by atomic mass is 9.91. The lowest BCUT2D eigenvalue weighted by Crippen LogP contribution is -2.44. The Morgan fingerprint density at radius 2 is 2.07 bits per heavy atom. The molecule has 3 heteroatoms. The third kappa shape index (κ3) is 2.51. The molecule has 2 heterocycles. The minimum Gasteiger partial charge on any atom is -0.342 e. The van der Waals surface area contributed by atoms with E-state index < -0.39 is 0 Å². The van der Waals surface area contributed by atoms with Crippen molar-refractivity contribution in [2.75, 3.05) is 26.2 Å². The lowest BCUT2D eigenvalue weighted by Gasteiger charge is -2.30. The first-order chi connectivity index (χ1) is 7.16. The number of carbonyl (C=O) groups excluding carboxylic acids is 1. The zero-order valence-corrected chi connectivity index (χ0v) is 9.83. The summed E-state index contributed by atoms with van der Waals surface area (Å²) >= 11 is 0. The molecule has 3 unspecified atom stereocenters. The van der Waals surface area contributed by atoms with Crippen molar-refractivity contribution in [2.24, 2.45) is 17.8 Å². The first-order valence-corrected chi connectivity index (χ1v) is 6.16. The molecule has 0 saturated carbocycles. The number of amides is 1. The lowest BCUT2D eigenvalue weighted by molar-refractivity contribution is -0.135. The van der Waals surface area contributed by atoms with Crippen LogP contribution in [-0.2, 0) is 4.79 Å². The molecule has 0 spiro atoms. The number of nitrogens with zero attached hydrogens (tertiary/aromatic N) is 1. The fraction of sp³-hybridized carbons (Fsp3) is 0.917. The molecule has 3 atom stereocenters. The number of carbonyl (C=O) groups is 1. The highest BCUT2D eigenvalue weighted by atomic mass is 16.2. The second-order valence-electron chi connectivity index (χ2n) is 5.37. The molecule has 15 heavy (non-hydrogen) atoms. The Balaban J connectivity index is 1.89. The molecule has 0 aromatic carbocycles. The molecule has 2 saturated heterocycles. The van der Waals surface area contributed by atoms with Gasteiger partial charge in [0, 0.05) is 19.6 Å². The quantitative estimate of drug-likeness (QED) is 0.703. The molecule has 86 valence electrons. The monoisotopic (exact) mass is 210 g/mol. The summed E-state index contributed by atoms with van der Waals surface area (Å²) in [5.74, 6) is 1.97. The maximum absolute atomic E-state index is 12.2. The Labute approximate surface area is 92.2 Å². The van der Waals surface area contributed by atoms with E-state index in [1.54, 1.807) is 0 Å². The number of hydrogen-bond acceptors (Lipinski definition) is 2. The third-order valence-electron chi connectivity index (χ3n) is 3.66. The van der Waals surface area contributed by atoms with E-state index in [2.05, 4.69) is 24.1 Å². The minimum atomic E-state index is 0.235. The van der Waals surface area contributed by atoms with Gasteiger partial charge in [-0.3, -0.25) is 4.79 Å². The molecule has 2 rings (SSSR count). The fourth-order valence-electron chi connectivity index (χ4n) is 2.74. The Hall–Kier alpha value is -0.570. The molecule has 2 fully saturated rings. The SMILES string of the molecule is CC1CNCC(C(=O)N2CCC(C)C2)C1. The van der Waals surface area contributed by atoms with Gasteiger partial charge in [-0.1, -0.05) is 13.8 Å². The van der Waals surface area contributed by atoms with Gasteiger partial charge in [0.1, 0.15) is 0 Å². The van der Waals surface area contributed by atoms with Crippen molar-refractivity contribution in [3.05, 3.63) is 0 Å². The average molecular weight is 210 g/mol. The van der Waals surface area contributed by atoms with Gasteiger partial charge in [-0.15, -0.1) is 0 Å². The Morgan fingerprint density at radius 3 is 2.67 bits per heavy atom. The molecular weight excluding hydrogens is 188 g/mol. The van der Waals surface area contributed by atoms with E-state index >= 15 is 0 Å².